The van der Waals surface area contributed by atoms with Crippen LogP contribution in [0.2, 0.25) is 0 Å². The Morgan fingerprint density at radius 1 is 1.07 bits per heavy atom. The number of hydrogen-bond donors (Lipinski definition) is 2. The summed E-state index contributed by atoms with van der Waals surface area (Å²) in [5.41, 5.74) is 1.97. The summed E-state index contributed by atoms with van der Waals surface area (Å²) in [6.07, 6.45) is -0.0863. The molecular formula is C18H15FN2O4S2. The maximum Gasteiger partial charge on any atom is 0.307 e. The number of nitrogens with zero attached hydrogens (tertiary/aromatic N) is 1. The van der Waals surface area contributed by atoms with Crippen LogP contribution in [0.4, 0.5) is 4.39 Å². The van der Waals surface area contributed by atoms with Crippen LogP contribution in [0.25, 0.3) is 10.6 Å². The molecule has 9 heteroatoms. The van der Waals surface area contributed by atoms with Gasteiger partial charge in [-0.15, -0.1) is 11.3 Å². The van der Waals surface area contributed by atoms with Crippen LogP contribution >= 0.6 is 11.3 Å². The van der Waals surface area contributed by atoms with Gasteiger partial charge in [0.15, 0.2) is 5.03 Å². The molecule has 1 heterocycles. The molecule has 2 aromatic carbocycles. The SMILES string of the molecule is O=C(O)Cc1ccc(CNS(=O)(=O)c2csc(-c3ccc(F)cc3)n2)cc1. The number of carboxylic acid groups (broad SMARTS) is 1. The number of aliphatic carboxylic acids is 1. The van der Waals surface area contributed by atoms with Crippen LogP contribution in [0.3, 0.4) is 0 Å². The monoisotopic (exact) mass is 406 g/mol. The van der Waals surface area contributed by atoms with Crippen LogP contribution in [0.15, 0.2) is 58.9 Å². The van der Waals surface area contributed by atoms with Gasteiger partial charge in [-0.3, -0.25) is 4.79 Å². The Hall–Kier alpha value is -2.62. The number of halogens is 1. The van der Waals surface area contributed by atoms with Crippen molar-refractivity contribution in [3.63, 3.8) is 0 Å². The summed E-state index contributed by atoms with van der Waals surface area (Å²) < 4.78 is 40.3. The third-order valence-electron chi connectivity index (χ3n) is 3.69. The van der Waals surface area contributed by atoms with Crippen molar-refractivity contribution in [3.8, 4) is 10.6 Å². The second kappa shape index (κ2) is 7.95. The average Bonchev–Trinajstić information content (AvgIpc) is 3.12. The standard InChI is InChI=1S/C18H15FN2O4S2/c19-15-7-5-14(6-8-15)18-21-16(11-26-18)27(24,25)20-10-13-3-1-12(2-4-13)9-17(22)23/h1-8,11,20H,9-10H2,(H,22,23). The molecule has 0 bridgehead atoms. The highest BCUT2D eigenvalue weighted by molar-refractivity contribution is 7.89. The number of thiazole rings is 1. The number of sulfonamides is 1. The van der Waals surface area contributed by atoms with Gasteiger partial charge in [0, 0.05) is 17.5 Å². The lowest BCUT2D eigenvalue weighted by molar-refractivity contribution is -0.136. The normalized spacial score (nSPS) is 11.4. The number of aromatic nitrogens is 1. The van der Waals surface area contributed by atoms with E-state index in [1.54, 1.807) is 24.3 Å². The Labute approximate surface area is 159 Å². The Bertz CT molecular complexity index is 1050. The largest absolute Gasteiger partial charge is 0.481 e. The van der Waals surface area contributed by atoms with E-state index in [0.717, 1.165) is 11.3 Å². The van der Waals surface area contributed by atoms with Crippen molar-refractivity contribution in [1.82, 2.24) is 9.71 Å². The van der Waals surface area contributed by atoms with Gasteiger partial charge in [0.05, 0.1) is 6.42 Å². The second-order valence-corrected chi connectivity index (χ2v) is 8.28. The maximum absolute atomic E-state index is 13.0. The summed E-state index contributed by atoms with van der Waals surface area (Å²) in [6.45, 7) is 0.0547. The molecule has 0 saturated heterocycles. The van der Waals surface area contributed by atoms with E-state index in [1.165, 1.54) is 29.6 Å². The molecule has 0 spiro atoms. The van der Waals surface area contributed by atoms with E-state index in [-0.39, 0.29) is 23.8 Å². The molecule has 0 unspecified atom stereocenters. The summed E-state index contributed by atoms with van der Waals surface area (Å²) in [4.78, 5) is 14.8. The van der Waals surface area contributed by atoms with Gasteiger partial charge in [-0.2, -0.15) is 0 Å². The zero-order valence-electron chi connectivity index (χ0n) is 13.9. The van der Waals surface area contributed by atoms with Crippen molar-refractivity contribution in [2.75, 3.05) is 0 Å². The van der Waals surface area contributed by atoms with E-state index < -0.39 is 16.0 Å². The van der Waals surface area contributed by atoms with Gasteiger partial charge in [-0.05, 0) is 35.4 Å². The zero-order chi connectivity index (χ0) is 19.4. The first-order chi connectivity index (χ1) is 12.8. The highest BCUT2D eigenvalue weighted by Crippen LogP contribution is 2.25. The number of nitrogens with one attached hydrogen (secondary N) is 1. The van der Waals surface area contributed by atoms with Gasteiger partial charge in [-0.1, -0.05) is 24.3 Å². The van der Waals surface area contributed by atoms with E-state index >= 15 is 0 Å². The van der Waals surface area contributed by atoms with E-state index in [0.29, 0.717) is 21.7 Å². The lowest BCUT2D eigenvalue weighted by Gasteiger charge is -2.05. The van der Waals surface area contributed by atoms with Crippen molar-refractivity contribution in [2.45, 2.75) is 18.0 Å². The molecule has 0 aliphatic carbocycles. The molecule has 6 nitrogen and oxygen atoms in total. The molecule has 2 N–H and O–H groups in total. The quantitative estimate of drug-likeness (QED) is 0.629. The molecule has 0 atom stereocenters. The first kappa shape index (κ1) is 19.2. The smallest absolute Gasteiger partial charge is 0.307 e. The molecule has 140 valence electrons. The summed E-state index contributed by atoms with van der Waals surface area (Å²) in [7, 11) is -3.80. The minimum Gasteiger partial charge on any atom is -0.481 e. The molecule has 0 radical (unpaired) electrons. The minimum absolute atomic E-state index is 0.0547. The number of benzene rings is 2. The van der Waals surface area contributed by atoms with Gasteiger partial charge in [0.1, 0.15) is 10.8 Å². The number of carbonyl (C=O) groups is 1. The first-order valence-electron chi connectivity index (χ1n) is 7.84. The fraction of sp³-hybridized carbons (Fsp3) is 0.111. The van der Waals surface area contributed by atoms with E-state index in [1.807, 2.05) is 0 Å². The fourth-order valence-corrected chi connectivity index (χ4v) is 4.42. The molecule has 3 aromatic rings. The fourth-order valence-electron chi connectivity index (χ4n) is 2.31. The molecule has 0 fully saturated rings. The lowest BCUT2D eigenvalue weighted by Crippen LogP contribution is -2.23. The van der Waals surface area contributed by atoms with Crippen LogP contribution in [0.1, 0.15) is 11.1 Å². The van der Waals surface area contributed by atoms with Gasteiger partial charge in [0.25, 0.3) is 10.0 Å². The number of carboxylic acids is 1. The van der Waals surface area contributed by atoms with Crippen LogP contribution < -0.4 is 4.72 Å². The summed E-state index contributed by atoms with van der Waals surface area (Å²) in [5.74, 6) is -1.30. The maximum atomic E-state index is 13.0. The molecule has 27 heavy (non-hydrogen) atoms. The Kier molecular flexibility index (Phi) is 5.64. The van der Waals surface area contributed by atoms with Gasteiger partial charge in [-0.25, -0.2) is 22.5 Å². The van der Waals surface area contributed by atoms with Crippen molar-refractivity contribution < 1.29 is 22.7 Å². The van der Waals surface area contributed by atoms with Crippen LogP contribution in [-0.4, -0.2) is 24.5 Å². The van der Waals surface area contributed by atoms with Crippen LogP contribution in [0, 0.1) is 5.82 Å². The lowest BCUT2D eigenvalue weighted by atomic mass is 10.1. The third kappa shape index (κ3) is 4.97. The van der Waals surface area contributed by atoms with Crippen LogP contribution in [-0.2, 0) is 27.8 Å². The van der Waals surface area contributed by atoms with E-state index in [4.69, 9.17) is 5.11 Å². The zero-order valence-corrected chi connectivity index (χ0v) is 15.6. The predicted octanol–water partition coefficient (Wildman–Crippen LogP) is 3.05. The topological polar surface area (TPSA) is 96.4 Å². The summed E-state index contributed by atoms with van der Waals surface area (Å²) in [6, 6.07) is 12.3. The minimum atomic E-state index is -3.80. The molecule has 1 aromatic heterocycles. The number of rotatable bonds is 7. The Balaban J connectivity index is 1.68. The molecule has 3 rings (SSSR count). The van der Waals surface area contributed by atoms with Crippen LogP contribution in [0.5, 0.6) is 0 Å². The highest BCUT2D eigenvalue weighted by Gasteiger charge is 2.18. The van der Waals surface area contributed by atoms with Gasteiger partial charge < -0.3 is 5.11 Å². The van der Waals surface area contributed by atoms with Gasteiger partial charge in [0.2, 0.25) is 0 Å². The van der Waals surface area contributed by atoms with Gasteiger partial charge >= 0.3 is 5.97 Å². The van der Waals surface area contributed by atoms with Crippen molar-refractivity contribution in [2.24, 2.45) is 0 Å². The molecule has 0 aliphatic heterocycles. The van der Waals surface area contributed by atoms with Crippen molar-refractivity contribution in [3.05, 3.63) is 70.9 Å². The average molecular weight is 406 g/mol. The van der Waals surface area contributed by atoms with Crippen molar-refractivity contribution in [1.29, 1.82) is 0 Å². The Morgan fingerprint density at radius 3 is 2.33 bits per heavy atom. The molecular weight excluding hydrogens is 391 g/mol. The number of hydrogen-bond acceptors (Lipinski definition) is 5. The highest BCUT2D eigenvalue weighted by atomic mass is 32.2. The first-order valence-corrected chi connectivity index (χ1v) is 10.2. The van der Waals surface area contributed by atoms with E-state index in [2.05, 4.69) is 9.71 Å². The Morgan fingerprint density at radius 2 is 1.70 bits per heavy atom. The third-order valence-corrected chi connectivity index (χ3v) is 6.02. The molecule has 0 saturated carbocycles. The predicted molar refractivity (Wildman–Crippen MR) is 99.3 cm³/mol. The van der Waals surface area contributed by atoms with E-state index in [9.17, 15) is 17.6 Å². The summed E-state index contributed by atoms with van der Waals surface area (Å²) in [5, 5.41) is 10.6. The second-order valence-electron chi connectivity index (χ2n) is 5.71. The molecule has 0 amide bonds. The van der Waals surface area contributed by atoms with Crippen molar-refractivity contribution >= 4 is 27.3 Å². The molecule has 0 aliphatic rings. The summed E-state index contributed by atoms with van der Waals surface area (Å²) >= 11 is 1.16.